The molecule has 0 fully saturated rings. The minimum absolute atomic E-state index is 0.214. The molecule has 0 aliphatic carbocycles. The summed E-state index contributed by atoms with van der Waals surface area (Å²) in [4.78, 5) is 16.8. The lowest BCUT2D eigenvalue weighted by Crippen LogP contribution is -2.24. The number of thiazole rings is 1. The first-order valence-corrected chi connectivity index (χ1v) is 11.1. The summed E-state index contributed by atoms with van der Waals surface area (Å²) in [5.41, 5.74) is 2.45. The lowest BCUT2D eigenvalue weighted by molar-refractivity contribution is -0.117. The van der Waals surface area contributed by atoms with Crippen LogP contribution in [0.2, 0.25) is 0 Å². The van der Waals surface area contributed by atoms with Crippen molar-refractivity contribution in [2.75, 3.05) is 7.11 Å². The zero-order valence-corrected chi connectivity index (χ0v) is 18.9. The monoisotopic (exact) mass is 448 g/mol. The van der Waals surface area contributed by atoms with Gasteiger partial charge in [-0.15, -0.1) is 11.3 Å². The second-order valence-corrected chi connectivity index (χ2v) is 8.37. The summed E-state index contributed by atoms with van der Waals surface area (Å²) in [5.74, 6) is 1.84. The Balaban J connectivity index is 1.37. The number of para-hydroxylation sites is 1. The summed E-state index contributed by atoms with van der Waals surface area (Å²) in [5, 5.41) is 6.87. The smallest absolute Gasteiger partial charge is 0.244 e. The number of hydrogen-bond donors (Lipinski definition) is 1. The minimum Gasteiger partial charge on any atom is -0.493 e. The van der Waals surface area contributed by atoms with Gasteiger partial charge in [0.05, 0.1) is 23.9 Å². The van der Waals surface area contributed by atoms with Crippen LogP contribution in [0.4, 0.5) is 0 Å². The van der Waals surface area contributed by atoms with E-state index in [1.165, 1.54) is 6.08 Å². The first-order chi connectivity index (χ1) is 15.5. The van der Waals surface area contributed by atoms with E-state index < -0.39 is 0 Å². The molecule has 164 valence electrons. The molecule has 1 atom stereocenters. The number of ether oxygens (including phenoxy) is 2. The van der Waals surface area contributed by atoms with Gasteiger partial charge in [0.2, 0.25) is 5.91 Å². The summed E-state index contributed by atoms with van der Waals surface area (Å²) in [7, 11) is 1.60. The second-order valence-electron chi connectivity index (χ2n) is 7.31. The second kappa shape index (κ2) is 9.70. The largest absolute Gasteiger partial charge is 0.493 e. The third-order valence-corrected chi connectivity index (χ3v) is 5.69. The van der Waals surface area contributed by atoms with Crippen molar-refractivity contribution in [3.63, 3.8) is 0 Å². The normalized spacial score (nSPS) is 12.2. The molecule has 6 nitrogen and oxygen atoms in total. The quantitative estimate of drug-likeness (QED) is 0.351. The molecule has 2 heterocycles. The van der Waals surface area contributed by atoms with Crippen LogP contribution >= 0.6 is 11.3 Å². The zero-order chi connectivity index (χ0) is 22.5. The van der Waals surface area contributed by atoms with Gasteiger partial charge in [-0.1, -0.05) is 24.3 Å². The Bertz CT molecular complexity index is 1260. The summed E-state index contributed by atoms with van der Waals surface area (Å²) in [6, 6.07) is 14.9. The van der Waals surface area contributed by atoms with Crippen LogP contribution in [-0.2, 0) is 11.4 Å². The van der Waals surface area contributed by atoms with Crippen LogP contribution < -0.4 is 14.8 Å². The first-order valence-electron chi connectivity index (χ1n) is 10.2. The van der Waals surface area contributed by atoms with Gasteiger partial charge in [0.15, 0.2) is 11.3 Å². The van der Waals surface area contributed by atoms with Gasteiger partial charge in [-0.25, -0.2) is 4.98 Å². The lowest BCUT2D eigenvalue weighted by atomic mass is 10.2. The predicted molar refractivity (Wildman–Crippen MR) is 126 cm³/mol. The van der Waals surface area contributed by atoms with Gasteiger partial charge < -0.3 is 19.2 Å². The summed E-state index contributed by atoms with van der Waals surface area (Å²) >= 11 is 1.60. The molecule has 0 radical (unpaired) electrons. The molecule has 0 spiro atoms. The van der Waals surface area contributed by atoms with Crippen molar-refractivity contribution in [3.05, 3.63) is 82.0 Å². The number of benzene rings is 2. The van der Waals surface area contributed by atoms with Crippen molar-refractivity contribution < 1.29 is 18.7 Å². The number of aromatic nitrogens is 1. The van der Waals surface area contributed by atoms with E-state index in [2.05, 4.69) is 10.3 Å². The number of methoxy groups -OCH3 is 1. The van der Waals surface area contributed by atoms with Crippen LogP contribution in [0.3, 0.4) is 0 Å². The molecule has 2 aromatic carbocycles. The number of fused-ring (bicyclic) bond motifs is 1. The van der Waals surface area contributed by atoms with Crippen LogP contribution in [0.15, 0.2) is 64.4 Å². The Labute approximate surface area is 190 Å². The number of hydrogen-bond acceptors (Lipinski definition) is 6. The Kier molecular flexibility index (Phi) is 6.56. The molecule has 0 aliphatic heterocycles. The zero-order valence-electron chi connectivity index (χ0n) is 18.1. The van der Waals surface area contributed by atoms with Crippen LogP contribution in [0.5, 0.6) is 11.5 Å². The predicted octanol–water partition coefficient (Wildman–Crippen LogP) is 5.68. The molecule has 32 heavy (non-hydrogen) atoms. The van der Waals surface area contributed by atoms with Crippen molar-refractivity contribution in [1.82, 2.24) is 10.3 Å². The maximum absolute atomic E-state index is 12.4. The summed E-state index contributed by atoms with van der Waals surface area (Å²) < 4.78 is 17.1. The van der Waals surface area contributed by atoms with Crippen molar-refractivity contribution in [2.24, 2.45) is 0 Å². The van der Waals surface area contributed by atoms with Crippen molar-refractivity contribution in [1.29, 1.82) is 0 Å². The van der Waals surface area contributed by atoms with E-state index in [-0.39, 0.29) is 11.9 Å². The Morgan fingerprint density at radius 1 is 1.25 bits per heavy atom. The molecule has 1 unspecified atom stereocenters. The Morgan fingerprint density at radius 3 is 2.88 bits per heavy atom. The number of nitrogens with one attached hydrogen (secondary N) is 1. The molecule has 1 amide bonds. The van der Waals surface area contributed by atoms with Gasteiger partial charge in [0.1, 0.15) is 18.1 Å². The van der Waals surface area contributed by atoms with E-state index in [1.807, 2.05) is 67.8 Å². The van der Waals surface area contributed by atoms with Crippen molar-refractivity contribution >= 4 is 34.3 Å². The third-order valence-electron chi connectivity index (χ3n) is 4.87. The molecule has 0 aliphatic rings. The number of furan rings is 1. The highest BCUT2D eigenvalue weighted by atomic mass is 32.1. The Hall–Kier alpha value is -3.58. The molecule has 1 N–H and O–H groups in total. The van der Waals surface area contributed by atoms with E-state index in [0.717, 1.165) is 27.4 Å². The number of carbonyl (C=O) groups excluding carboxylic acids is 1. The summed E-state index contributed by atoms with van der Waals surface area (Å²) in [6.07, 6.45) is 3.26. The van der Waals surface area contributed by atoms with Gasteiger partial charge >= 0.3 is 0 Å². The molecular weight excluding hydrogens is 424 g/mol. The topological polar surface area (TPSA) is 73.6 Å². The molecule has 0 bridgehead atoms. The highest BCUT2D eigenvalue weighted by molar-refractivity contribution is 7.09. The number of amides is 1. The highest BCUT2D eigenvalue weighted by Gasteiger charge is 2.15. The van der Waals surface area contributed by atoms with E-state index in [9.17, 15) is 4.79 Å². The maximum atomic E-state index is 12.4. The molecule has 4 rings (SSSR count). The van der Waals surface area contributed by atoms with Crippen LogP contribution in [0.1, 0.15) is 35.0 Å². The molecule has 0 saturated carbocycles. The lowest BCUT2D eigenvalue weighted by Gasteiger charge is -2.09. The first kappa shape index (κ1) is 21.6. The van der Waals surface area contributed by atoms with Crippen LogP contribution in [-0.4, -0.2) is 18.0 Å². The standard InChI is InChI=1S/C25H24N2O4S/c1-16(23-13-19-7-5-9-22(29-3)25(19)31-23)26-24(28)11-10-18-6-4-8-21(12-18)30-14-20-15-32-17(2)27-20/h4-13,15-16H,14H2,1-3H3,(H,26,28)/b11-10+. The van der Waals surface area contributed by atoms with Crippen LogP contribution in [0.25, 0.3) is 17.0 Å². The fourth-order valence-corrected chi connectivity index (χ4v) is 3.87. The maximum Gasteiger partial charge on any atom is 0.244 e. The van der Waals surface area contributed by atoms with Gasteiger partial charge in [-0.3, -0.25) is 4.79 Å². The van der Waals surface area contributed by atoms with Gasteiger partial charge in [-0.05, 0) is 49.8 Å². The minimum atomic E-state index is -0.291. The summed E-state index contributed by atoms with van der Waals surface area (Å²) in [6.45, 7) is 4.26. The van der Waals surface area contributed by atoms with Crippen molar-refractivity contribution in [3.8, 4) is 11.5 Å². The van der Waals surface area contributed by atoms with Crippen molar-refractivity contribution in [2.45, 2.75) is 26.5 Å². The number of rotatable bonds is 8. The molecule has 2 aromatic heterocycles. The third kappa shape index (κ3) is 5.18. The molecule has 7 heteroatoms. The van der Waals surface area contributed by atoms with E-state index in [0.29, 0.717) is 23.7 Å². The van der Waals surface area contributed by atoms with Gasteiger partial charge in [-0.2, -0.15) is 0 Å². The SMILES string of the molecule is COc1cccc2cc(C(C)NC(=O)/C=C/c3cccc(OCc4csc(C)n4)c3)oc12. The number of aryl methyl sites for hydroxylation is 1. The van der Waals surface area contributed by atoms with Gasteiger partial charge in [0.25, 0.3) is 0 Å². The highest BCUT2D eigenvalue weighted by Crippen LogP contribution is 2.30. The van der Waals surface area contributed by atoms with Gasteiger partial charge in [0, 0.05) is 16.8 Å². The molecule has 4 aromatic rings. The average Bonchev–Trinajstić information content (AvgIpc) is 3.42. The number of carbonyl (C=O) groups is 1. The fraction of sp³-hybridized carbons (Fsp3) is 0.200. The Morgan fingerprint density at radius 2 is 2.09 bits per heavy atom. The van der Waals surface area contributed by atoms with Crippen LogP contribution in [0, 0.1) is 6.92 Å². The fourth-order valence-electron chi connectivity index (χ4n) is 3.27. The number of nitrogens with zero attached hydrogens (tertiary/aromatic N) is 1. The average molecular weight is 449 g/mol. The molecule has 0 saturated heterocycles. The van der Waals surface area contributed by atoms with E-state index >= 15 is 0 Å². The van der Waals surface area contributed by atoms with E-state index in [1.54, 1.807) is 24.5 Å². The van der Waals surface area contributed by atoms with E-state index in [4.69, 9.17) is 13.9 Å². The molecular formula is C25H24N2O4S.